The minimum absolute atomic E-state index is 0. The molecule has 0 radical (unpaired) electrons. The Bertz CT molecular complexity index is 580. The van der Waals surface area contributed by atoms with Crippen molar-refractivity contribution in [3.63, 3.8) is 0 Å². The molecule has 1 aromatic carbocycles. The maximum atomic E-state index is 10.6. The number of carboxylic acids is 1. The van der Waals surface area contributed by atoms with Crippen LogP contribution in [0.2, 0.25) is 0 Å². The van der Waals surface area contributed by atoms with Gasteiger partial charge in [-0.2, -0.15) is 0 Å². The summed E-state index contributed by atoms with van der Waals surface area (Å²) in [6.45, 7) is 3.83. The van der Waals surface area contributed by atoms with Crippen LogP contribution in [0.4, 0.5) is 11.6 Å². The molecule has 20 heavy (non-hydrogen) atoms. The summed E-state index contributed by atoms with van der Waals surface area (Å²) in [6, 6.07) is 9.10. The molecular weight excluding hydrogens is 278 g/mol. The van der Waals surface area contributed by atoms with E-state index < -0.39 is 5.97 Å². The Kier molecular flexibility index (Phi) is 5.46. The first kappa shape index (κ1) is 15.9. The van der Waals surface area contributed by atoms with Crippen LogP contribution >= 0.6 is 12.4 Å². The lowest BCUT2D eigenvalue weighted by Gasteiger charge is -2.07. The molecule has 0 saturated carbocycles. The minimum Gasteiger partial charge on any atom is -0.481 e. The fraction of sp³-hybridized carbons (Fsp3) is 0.214. The quantitative estimate of drug-likeness (QED) is 0.906. The second-order valence-corrected chi connectivity index (χ2v) is 4.37. The minimum atomic E-state index is -0.835. The van der Waals surface area contributed by atoms with Crippen LogP contribution in [0, 0.1) is 13.8 Å². The molecule has 0 bridgehead atoms. The molecule has 106 valence electrons. The van der Waals surface area contributed by atoms with Crippen molar-refractivity contribution in [1.29, 1.82) is 0 Å². The van der Waals surface area contributed by atoms with Crippen molar-refractivity contribution >= 4 is 30.0 Å². The van der Waals surface area contributed by atoms with Crippen LogP contribution < -0.4 is 5.32 Å². The van der Waals surface area contributed by atoms with Gasteiger partial charge in [-0.05, 0) is 37.6 Å². The molecule has 2 aromatic rings. The van der Waals surface area contributed by atoms with Crippen molar-refractivity contribution in [2.75, 3.05) is 5.32 Å². The molecule has 1 aromatic heterocycles. The van der Waals surface area contributed by atoms with Gasteiger partial charge >= 0.3 is 5.97 Å². The predicted octanol–water partition coefficient (Wildman–Crippen LogP) is 2.89. The zero-order valence-corrected chi connectivity index (χ0v) is 12.1. The van der Waals surface area contributed by atoms with Crippen LogP contribution in [0.1, 0.15) is 17.0 Å². The molecular formula is C14H16ClN3O2. The Hall–Kier alpha value is -2.14. The van der Waals surface area contributed by atoms with Crippen molar-refractivity contribution in [2.24, 2.45) is 0 Å². The average molecular weight is 294 g/mol. The first-order chi connectivity index (χ1) is 9.02. The number of anilines is 2. The van der Waals surface area contributed by atoms with Crippen molar-refractivity contribution in [3.05, 3.63) is 47.3 Å². The second-order valence-electron chi connectivity index (χ2n) is 4.37. The van der Waals surface area contributed by atoms with Gasteiger partial charge in [-0.1, -0.05) is 12.1 Å². The van der Waals surface area contributed by atoms with Crippen LogP contribution in [0.15, 0.2) is 30.3 Å². The summed E-state index contributed by atoms with van der Waals surface area (Å²) in [5.74, 6) is -0.290. The van der Waals surface area contributed by atoms with Gasteiger partial charge in [-0.3, -0.25) is 4.79 Å². The van der Waals surface area contributed by atoms with E-state index in [1.165, 1.54) is 0 Å². The Morgan fingerprint density at radius 1 is 1.15 bits per heavy atom. The molecule has 0 atom stereocenters. The summed E-state index contributed by atoms with van der Waals surface area (Å²) < 4.78 is 0. The topological polar surface area (TPSA) is 75.1 Å². The zero-order chi connectivity index (χ0) is 13.8. The average Bonchev–Trinajstić information content (AvgIpc) is 2.29. The summed E-state index contributed by atoms with van der Waals surface area (Å²) in [6.07, 6.45) is 0.0281. The van der Waals surface area contributed by atoms with Crippen molar-refractivity contribution < 1.29 is 9.90 Å². The van der Waals surface area contributed by atoms with Gasteiger partial charge < -0.3 is 10.4 Å². The number of hydrogen-bond acceptors (Lipinski definition) is 4. The molecule has 2 N–H and O–H groups in total. The van der Waals surface area contributed by atoms with Gasteiger partial charge in [0, 0.05) is 17.1 Å². The fourth-order valence-electron chi connectivity index (χ4n) is 1.79. The molecule has 1 heterocycles. The van der Waals surface area contributed by atoms with Gasteiger partial charge in [0.2, 0.25) is 5.95 Å². The molecule has 0 aliphatic carbocycles. The van der Waals surface area contributed by atoms with Gasteiger partial charge in [0.15, 0.2) is 0 Å². The third-order valence-corrected chi connectivity index (χ3v) is 2.55. The normalized spacial score (nSPS) is 9.70. The molecule has 0 aliphatic rings. The van der Waals surface area contributed by atoms with Crippen molar-refractivity contribution in [2.45, 2.75) is 20.3 Å². The summed E-state index contributed by atoms with van der Waals surface area (Å²) in [5.41, 5.74) is 3.40. The van der Waals surface area contributed by atoms with E-state index in [1.54, 1.807) is 12.1 Å². The fourth-order valence-corrected chi connectivity index (χ4v) is 1.79. The highest BCUT2D eigenvalue weighted by atomic mass is 35.5. The molecule has 0 unspecified atom stereocenters. The first-order valence-electron chi connectivity index (χ1n) is 5.93. The molecule has 0 fully saturated rings. The second kappa shape index (κ2) is 6.86. The van der Waals surface area contributed by atoms with Crippen LogP contribution in [0.25, 0.3) is 0 Å². The SMILES string of the molecule is Cc1cc(C)nc(Nc2ccc(CC(=O)O)cc2)n1.Cl. The number of halogens is 1. The Morgan fingerprint density at radius 2 is 1.70 bits per heavy atom. The number of nitrogens with one attached hydrogen (secondary N) is 1. The van der Waals surface area contributed by atoms with Crippen LogP contribution in [-0.4, -0.2) is 21.0 Å². The number of carboxylic acid groups (broad SMARTS) is 1. The number of hydrogen-bond donors (Lipinski definition) is 2. The summed E-state index contributed by atoms with van der Waals surface area (Å²) in [4.78, 5) is 19.2. The van der Waals surface area contributed by atoms with E-state index in [2.05, 4.69) is 15.3 Å². The molecule has 0 amide bonds. The van der Waals surface area contributed by atoms with Crippen LogP contribution in [-0.2, 0) is 11.2 Å². The van der Waals surface area contributed by atoms with Gasteiger partial charge in [0.1, 0.15) is 0 Å². The smallest absolute Gasteiger partial charge is 0.307 e. The first-order valence-corrected chi connectivity index (χ1v) is 5.93. The maximum absolute atomic E-state index is 10.6. The Morgan fingerprint density at radius 3 is 2.20 bits per heavy atom. The number of benzene rings is 1. The zero-order valence-electron chi connectivity index (χ0n) is 11.3. The lowest BCUT2D eigenvalue weighted by atomic mass is 10.1. The van der Waals surface area contributed by atoms with E-state index in [-0.39, 0.29) is 18.8 Å². The Labute approximate surface area is 123 Å². The summed E-state index contributed by atoms with van der Waals surface area (Å²) >= 11 is 0. The number of aromatic nitrogens is 2. The number of rotatable bonds is 4. The van der Waals surface area contributed by atoms with E-state index in [1.807, 2.05) is 32.0 Å². The highest BCUT2D eigenvalue weighted by molar-refractivity contribution is 5.85. The monoisotopic (exact) mass is 293 g/mol. The molecule has 0 aliphatic heterocycles. The summed E-state index contributed by atoms with van der Waals surface area (Å²) in [5, 5.41) is 11.8. The van der Waals surface area contributed by atoms with E-state index in [9.17, 15) is 4.79 Å². The van der Waals surface area contributed by atoms with Crippen LogP contribution in [0.5, 0.6) is 0 Å². The highest BCUT2D eigenvalue weighted by Crippen LogP contribution is 2.15. The van der Waals surface area contributed by atoms with E-state index in [4.69, 9.17) is 5.11 Å². The number of aliphatic carboxylic acids is 1. The van der Waals surface area contributed by atoms with E-state index >= 15 is 0 Å². The highest BCUT2D eigenvalue weighted by Gasteiger charge is 2.02. The van der Waals surface area contributed by atoms with Crippen molar-refractivity contribution in [3.8, 4) is 0 Å². The Balaban J connectivity index is 0.00000200. The van der Waals surface area contributed by atoms with Gasteiger partial charge in [-0.15, -0.1) is 12.4 Å². The predicted molar refractivity (Wildman–Crippen MR) is 79.8 cm³/mol. The third kappa shape index (κ3) is 4.51. The number of aryl methyl sites for hydroxylation is 2. The van der Waals surface area contributed by atoms with Gasteiger partial charge in [0.25, 0.3) is 0 Å². The van der Waals surface area contributed by atoms with E-state index in [0.29, 0.717) is 5.95 Å². The number of carbonyl (C=O) groups is 1. The molecule has 5 nitrogen and oxygen atoms in total. The molecule has 2 rings (SSSR count). The maximum Gasteiger partial charge on any atom is 0.307 e. The van der Waals surface area contributed by atoms with E-state index in [0.717, 1.165) is 22.6 Å². The molecule has 0 spiro atoms. The number of nitrogens with zero attached hydrogens (tertiary/aromatic N) is 2. The standard InChI is InChI=1S/C14H15N3O2.ClH/c1-9-7-10(2)16-14(15-9)17-12-5-3-11(4-6-12)8-13(18)19;/h3-7H,8H2,1-2H3,(H,18,19)(H,15,16,17);1H. The third-order valence-electron chi connectivity index (χ3n) is 2.55. The summed E-state index contributed by atoms with van der Waals surface area (Å²) in [7, 11) is 0. The lowest BCUT2D eigenvalue weighted by molar-refractivity contribution is -0.136. The molecule has 0 saturated heterocycles. The van der Waals surface area contributed by atoms with Crippen LogP contribution in [0.3, 0.4) is 0 Å². The van der Waals surface area contributed by atoms with Crippen molar-refractivity contribution in [1.82, 2.24) is 9.97 Å². The van der Waals surface area contributed by atoms with Gasteiger partial charge in [0.05, 0.1) is 6.42 Å². The lowest BCUT2D eigenvalue weighted by Crippen LogP contribution is -2.01. The molecule has 6 heteroatoms. The largest absolute Gasteiger partial charge is 0.481 e. The van der Waals surface area contributed by atoms with Gasteiger partial charge in [-0.25, -0.2) is 9.97 Å².